The third-order valence-electron chi connectivity index (χ3n) is 3.16. The Morgan fingerprint density at radius 1 is 1.12 bits per heavy atom. The molecular weight excluding hydrogens is 338 g/mol. The van der Waals surface area contributed by atoms with Crippen LogP contribution in [-0.4, -0.2) is 38.0 Å². The molecule has 0 unspecified atom stereocenters. The van der Waals surface area contributed by atoms with Gasteiger partial charge in [-0.15, -0.1) is 10.2 Å². The Kier molecular flexibility index (Phi) is 5.84. The van der Waals surface area contributed by atoms with Crippen LogP contribution in [0.1, 0.15) is 32.2 Å². The van der Waals surface area contributed by atoms with Crippen LogP contribution in [0.5, 0.6) is 0 Å². The van der Waals surface area contributed by atoms with E-state index in [-0.39, 0.29) is 11.7 Å². The lowest BCUT2D eigenvalue weighted by Gasteiger charge is -2.20. The van der Waals surface area contributed by atoms with Gasteiger partial charge in [0.25, 0.3) is 0 Å². The molecule has 0 spiro atoms. The van der Waals surface area contributed by atoms with E-state index in [1.165, 1.54) is 11.8 Å². The summed E-state index contributed by atoms with van der Waals surface area (Å²) in [6.45, 7) is 9.41. The van der Waals surface area contributed by atoms with E-state index in [1.807, 2.05) is 63.5 Å². The zero-order valence-electron chi connectivity index (χ0n) is 15.1. The van der Waals surface area contributed by atoms with E-state index in [1.54, 1.807) is 0 Å². The molecular formula is C17H23N5O2S. The van der Waals surface area contributed by atoms with Gasteiger partial charge >= 0.3 is 6.03 Å². The number of carbonyl (C=O) groups excluding carboxylic acids is 2. The first kappa shape index (κ1) is 19.0. The van der Waals surface area contributed by atoms with Gasteiger partial charge in [0.15, 0.2) is 5.16 Å². The molecule has 0 saturated carbocycles. The van der Waals surface area contributed by atoms with Crippen molar-refractivity contribution in [3.05, 3.63) is 35.7 Å². The highest BCUT2D eigenvalue weighted by atomic mass is 32.2. The van der Waals surface area contributed by atoms with Crippen molar-refractivity contribution >= 4 is 23.7 Å². The lowest BCUT2D eigenvalue weighted by molar-refractivity contribution is -0.117. The number of nitrogens with zero attached hydrogens (tertiary/aromatic N) is 3. The van der Waals surface area contributed by atoms with Crippen LogP contribution in [0.15, 0.2) is 29.4 Å². The van der Waals surface area contributed by atoms with Crippen molar-refractivity contribution in [1.82, 2.24) is 25.4 Å². The van der Waals surface area contributed by atoms with Crippen molar-refractivity contribution < 1.29 is 9.59 Å². The summed E-state index contributed by atoms with van der Waals surface area (Å²) >= 11 is 1.23. The van der Waals surface area contributed by atoms with E-state index in [4.69, 9.17) is 0 Å². The normalized spacial score (nSPS) is 11.2. The highest BCUT2D eigenvalue weighted by molar-refractivity contribution is 7.99. The summed E-state index contributed by atoms with van der Waals surface area (Å²) in [5, 5.41) is 13.8. The third-order valence-corrected chi connectivity index (χ3v) is 4.09. The van der Waals surface area contributed by atoms with E-state index in [2.05, 4.69) is 20.8 Å². The molecule has 3 amide bonds. The van der Waals surface area contributed by atoms with Crippen molar-refractivity contribution in [1.29, 1.82) is 0 Å². The van der Waals surface area contributed by atoms with E-state index in [9.17, 15) is 9.59 Å². The molecule has 134 valence electrons. The zero-order valence-corrected chi connectivity index (χ0v) is 15.9. The fourth-order valence-electron chi connectivity index (χ4n) is 2.09. The van der Waals surface area contributed by atoms with Gasteiger partial charge < -0.3 is 5.32 Å². The molecule has 0 aliphatic heterocycles. The molecule has 0 saturated heterocycles. The van der Waals surface area contributed by atoms with Crippen molar-refractivity contribution in [2.75, 3.05) is 5.75 Å². The number of hydrogen-bond donors (Lipinski definition) is 2. The molecule has 0 atom stereocenters. The van der Waals surface area contributed by atoms with Gasteiger partial charge in [0.1, 0.15) is 5.82 Å². The predicted molar refractivity (Wildman–Crippen MR) is 98.0 cm³/mol. The number of aryl methyl sites for hydroxylation is 2. The largest absolute Gasteiger partial charge is 0.333 e. The Hall–Kier alpha value is -2.35. The van der Waals surface area contributed by atoms with Crippen LogP contribution in [0, 0.1) is 13.8 Å². The number of benzene rings is 1. The highest BCUT2D eigenvalue weighted by Crippen LogP contribution is 2.21. The average Bonchev–Trinajstić information content (AvgIpc) is 2.85. The fraction of sp³-hybridized carbons (Fsp3) is 0.412. The highest BCUT2D eigenvalue weighted by Gasteiger charge is 2.17. The van der Waals surface area contributed by atoms with Crippen molar-refractivity contribution in [3.8, 4) is 5.69 Å². The summed E-state index contributed by atoms with van der Waals surface area (Å²) in [5.74, 6) is 0.418. The topological polar surface area (TPSA) is 88.9 Å². The number of nitrogens with one attached hydrogen (secondary N) is 2. The SMILES string of the molecule is Cc1ccc(-n2c(C)nnc2SCC(=O)NC(=O)NC(C)(C)C)cc1. The van der Waals surface area contributed by atoms with Crippen LogP contribution in [0.25, 0.3) is 5.69 Å². The van der Waals surface area contributed by atoms with Crippen LogP contribution in [0.4, 0.5) is 4.79 Å². The second kappa shape index (κ2) is 7.69. The molecule has 0 fully saturated rings. The predicted octanol–water partition coefficient (Wildman–Crippen LogP) is 2.60. The van der Waals surface area contributed by atoms with E-state index < -0.39 is 11.6 Å². The molecule has 7 nitrogen and oxygen atoms in total. The van der Waals surface area contributed by atoms with Gasteiger partial charge in [-0.25, -0.2) is 4.79 Å². The first-order valence-electron chi connectivity index (χ1n) is 7.89. The van der Waals surface area contributed by atoms with Gasteiger partial charge in [0, 0.05) is 11.2 Å². The molecule has 2 rings (SSSR count). The maximum atomic E-state index is 12.0. The Balaban J connectivity index is 2.01. The number of aromatic nitrogens is 3. The average molecular weight is 361 g/mol. The van der Waals surface area contributed by atoms with Gasteiger partial charge in [0.2, 0.25) is 5.91 Å². The number of rotatable bonds is 4. The number of thioether (sulfide) groups is 1. The van der Waals surface area contributed by atoms with Crippen LogP contribution in [0.2, 0.25) is 0 Å². The minimum Gasteiger partial charge on any atom is -0.333 e. The molecule has 0 radical (unpaired) electrons. The van der Waals surface area contributed by atoms with Crippen molar-refractivity contribution in [2.45, 2.75) is 45.3 Å². The molecule has 2 N–H and O–H groups in total. The third kappa shape index (κ3) is 5.60. The summed E-state index contributed by atoms with van der Waals surface area (Å²) < 4.78 is 1.88. The molecule has 0 aliphatic rings. The zero-order chi connectivity index (χ0) is 18.6. The fourth-order valence-corrected chi connectivity index (χ4v) is 2.89. The molecule has 25 heavy (non-hydrogen) atoms. The molecule has 8 heteroatoms. The van der Waals surface area contributed by atoms with Crippen LogP contribution in [-0.2, 0) is 4.79 Å². The Labute approximate surface area is 151 Å². The summed E-state index contributed by atoms with van der Waals surface area (Å²) in [6.07, 6.45) is 0. The van der Waals surface area contributed by atoms with E-state index in [0.29, 0.717) is 5.16 Å². The van der Waals surface area contributed by atoms with Crippen LogP contribution in [0.3, 0.4) is 0 Å². The molecule has 0 bridgehead atoms. The maximum absolute atomic E-state index is 12.0. The summed E-state index contributed by atoms with van der Waals surface area (Å²) in [7, 11) is 0. The number of hydrogen-bond acceptors (Lipinski definition) is 5. The van der Waals surface area contributed by atoms with Crippen LogP contribution >= 0.6 is 11.8 Å². The van der Waals surface area contributed by atoms with Crippen LogP contribution < -0.4 is 10.6 Å². The number of carbonyl (C=O) groups is 2. The molecule has 1 aromatic heterocycles. The van der Waals surface area contributed by atoms with Crippen molar-refractivity contribution in [3.63, 3.8) is 0 Å². The number of imide groups is 1. The second-order valence-corrected chi connectivity index (χ2v) is 7.68. The standard InChI is InChI=1S/C17H23N5O2S/c1-11-6-8-13(9-7-11)22-12(2)20-21-16(22)25-10-14(23)18-15(24)19-17(3,4)5/h6-9H,10H2,1-5H3,(H2,18,19,23,24). The lowest BCUT2D eigenvalue weighted by atomic mass is 10.1. The molecule has 1 heterocycles. The van der Waals surface area contributed by atoms with Gasteiger partial charge in [-0.2, -0.15) is 0 Å². The van der Waals surface area contributed by atoms with E-state index >= 15 is 0 Å². The van der Waals surface area contributed by atoms with Crippen molar-refractivity contribution in [2.24, 2.45) is 0 Å². The second-order valence-electron chi connectivity index (χ2n) is 6.74. The van der Waals surface area contributed by atoms with Gasteiger partial charge in [-0.1, -0.05) is 29.5 Å². The van der Waals surface area contributed by atoms with Gasteiger partial charge in [-0.3, -0.25) is 14.7 Å². The minimum atomic E-state index is -0.505. The van der Waals surface area contributed by atoms with E-state index in [0.717, 1.165) is 17.1 Å². The first-order valence-corrected chi connectivity index (χ1v) is 8.88. The number of urea groups is 1. The first-order chi connectivity index (χ1) is 11.7. The monoisotopic (exact) mass is 361 g/mol. The van der Waals surface area contributed by atoms with Gasteiger partial charge in [0.05, 0.1) is 5.75 Å². The smallest absolute Gasteiger partial charge is 0.321 e. The number of amides is 3. The molecule has 0 aliphatic carbocycles. The lowest BCUT2D eigenvalue weighted by Crippen LogP contribution is -2.48. The molecule has 2 aromatic rings. The quantitative estimate of drug-likeness (QED) is 0.817. The molecule has 1 aromatic carbocycles. The Morgan fingerprint density at radius 2 is 1.76 bits per heavy atom. The minimum absolute atomic E-state index is 0.0710. The summed E-state index contributed by atoms with van der Waals surface area (Å²) in [5.41, 5.74) is 1.69. The summed E-state index contributed by atoms with van der Waals surface area (Å²) in [6, 6.07) is 7.47. The van der Waals surface area contributed by atoms with Gasteiger partial charge in [-0.05, 0) is 46.8 Å². The summed E-state index contributed by atoms with van der Waals surface area (Å²) in [4.78, 5) is 23.7. The Morgan fingerprint density at radius 3 is 2.36 bits per heavy atom. The Bertz CT molecular complexity index is 762. The maximum Gasteiger partial charge on any atom is 0.321 e.